The first-order valence-corrected chi connectivity index (χ1v) is 5.49. The van der Waals surface area contributed by atoms with Gasteiger partial charge < -0.3 is 19.9 Å². The van der Waals surface area contributed by atoms with Gasteiger partial charge in [-0.05, 0) is 12.8 Å². The summed E-state index contributed by atoms with van der Waals surface area (Å²) in [6.45, 7) is 0. The molecular weight excluding hydrogens is 214 g/mol. The molecule has 0 radical (unpaired) electrons. The van der Waals surface area contributed by atoms with Gasteiger partial charge in [0.15, 0.2) is 0 Å². The Morgan fingerprint density at radius 1 is 1.44 bits per heavy atom. The minimum atomic E-state index is -1.16. The predicted molar refractivity (Wildman–Crippen MR) is 52.8 cm³/mol. The topological polar surface area (TPSA) is 84.9 Å². The van der Waals surface area contributed by atoms with Crippen LogP contribution in [0.2, 0.25) is 0 Å². The van der Waals surface area contributed by atoms with Crippen molar-refractivity contribution >= 4 is 12.1 Å². The number of rotatable bonds is 3. The molecule has 1 aliphatic carbocycles. The number of carbonyl (C=O) groups is 2. The van der Waals surface area contributed by atoms with E-state index >= 15 is 0 Å². The van der Waals surface area contributed by atoms with Crippen molar-refractivity contribution in [3.05, 3.63) is 0 Å². The van der Waals surface area contributed by atoms with Crippen molar-refractivity contribution in [2.45, 2.75) is 50.5 Å². The minimum Gasteiger partial charge on any atom is -0.465 e. The van der Waals surface area contributed by atoms with E-state index in [1.807, 2.05) is 0 Å². The van der Waals surface area contributed by atoms with Crippen LogP contribution >= 0.6 is 0 Å². The van der Waals surface area contributed by atoms with Crippen molar-refractivity contribution in [3.63, 3.8) is 0 Å². The molecule has 0 aromatic heterocycles. The second-order valence-corrected chi connectivity index (χ2v) is 4.16. The highest BCUT2D eigenvalue weighted by atomic mass is 16.7. The summed E-state index contributed by atoms with van der Waals surface area (Å²) in [6.07, 6.45) is 2.35. The maximum absolute atomic E-state index is 11.1. The number of ether oxygens (including phenoxy) is 2. The number of esters is 1. The first-order valence-electron chi connectivity index (χ1n) is 5.49. The summed E-state index contributed by atoms with van der Waals surface area (Å²) in [6, 6.07) is -0.578. The molecule has 2 fully saturated rings. The van der Waals surface area contributed by atoms with Crippen molar-refractivity contribution < 1.29 is 24.2 Å². The highest BCUT2D eigenvalue weighted by Crippen LogP contribution is 2.26. The quantitative estimate of drug-likeness (QED) is 0.701. The summed E-state index contributed by atoms with van der Waals surface area (Å²) in [5.41, 5.74) is 0. The molecule has 1 saturated carbocycles. The van der Waals surface area contributed by atoms with E-state index < -0.39 is 24.4 Å². The van der Waals surface area contributed by atoms with Crippen molar-refractivity contribution in [3.8, 4) is 0 Å². The smallest absolute Gasteiger partial charge is 0.405 e. The fraction of sp³-hybridized carbons (Fsp3) is 0.800. The molecule has 2 aliphatic rings. The fourth-order valence-corrected chi connectivity index (χ4v) is 2.15. The summed E-state index contributed by atoms with van der Waals surface area (Å²) in [7, 11) is 0. The highest BCUT2D eigenvalue weighted by molar-refractivity contribution is 5.74. The first kappa shape index (κ1) is 11.2. The van der Waals surface area contributed by atoms with E-state index in [4.69, 9.17) is 14.6 Å². The van der Waals surface area contributed by atoms with Gasteiger partial charge in [-0.25, -0.2) is 4.79 Å². The van der Waals surface area contributed by atoms with Crippen LogP contribution in [0, 0.1) is 0 Å². The number of nitrogens with one attached hydrogen (secondary N) is 1. The number of cyclic esters (lactones) is 1. The Morgan fingerprint density at radius 2 is 2.12 bits per heavy atom. The minimum absolute atomic E-state index is 0.0453. The third-order valence-corrected chi connectivity index (χ3v) is 2.90. The van der Waals surface area contributed by atoms with E-state index in [0.29, 0.717) is 0 Å². The largest absolute Gasteiger partial charge is 0.465 e. The zero-order chi connectivity index (χ0) is 11.5. The van der Waals surface area contributed by atoms with Crippen molar-refractivity contribution in [2.75, 3.05) is 0 Å². The third-order valence-electron chi connectivity index (χ3n) is 2.90. The maximum Gasteiger partial charge on any atom is 0.405 e. The SMILES string of the molecule is O=C(O)N[C@H]1CC(=O)O[C@H]1OC1CCCC1. The molecule has 1 heterocycles. The molecule has 0 bridgehead atoms. The molecule has 1 aliphatic heterocycles. The summed E-state index contributed by atoms with van der Waals surface area (Å²) >= 11 is 0. The lowest BCUT2D eigenvalue weighted by molar-refractivity contribution is -0.174. The van der Waals surface area contributed by atoms with E-state index in [-0.39, 0.29) is 12.5 Å². The van der Waals surface area contributed by atoms with Crippen LogP contribution in [0.4, 0.5) is 4.79 Å². The van der Waals surface area contributed by atoms with Crippen LogP contribution in [-0.4, -0.2) is 35.6 Å². The average molecular weight is 229 g/mol. The van der Waals surface area contributed by atoms with E-state index in [0.717, 1.165) is 25.7 Å². The zero-order valence-electron chi connectivity index (χ0n) is 8.85. The normalized spacial score (nSPS) is 30.4. The molecule has 6 nitrogen and oxygen atoms in total. The average Bonchev–Trinajstić information content (AvgIpc) is 2.77. The second kappa shape index (κ2) is 4.69. The Bertz CT molecular complexity index is 287. The van der Waals surface area contributed by atoms with Gasteiger partial charge in [0.1, 0.15) is 6.04 Å². The molecule has 1 amide bonds. The molecule has 1 saturated heterocycles. The van der Waals surface area contributed by atoms with Crippen molar-refractivity contribution in [1.29, 1.82) is 0 Å². The summed E-state index contributed by atoms with van der Waals surface area (Å²) < 4.78 is 10.5. The van der Waals surface area contributed by atoms with Gasteiger partial charge in [0.2, 0.25) is 6.29 Å². The van der Waals surface area contributed by atoms with Crippen molar-refractivity contribution in [1.82, 2.24) is 5.32 Å². The van der Waals surface area contributed by atoms with Gasteiger partial charge in [-0.15, -0.1) is 0 Å². The molecule has 90 valence electrons. The van der Waals surface area contributed by atoms with E-state index in [2.05, 4.69) is 5.32 Å². The number of hydrogen-bond acceptors (Lipinski definition) is 4. The molecule has 0 spiro atoms. The van der Waals surface area contributed by atoms with Gasteiger partial charge in [0.05, 0.1) is 12.5 Å². The van der Waals surface area contributed by atoms with Gasteiger partial charge in [-0.3, -0.25) is 4.79 Å². The number of carboxylic acid groups (broad SMARTS) is 1. The van der Waals surface area contributed by atoms with Crippen LogP contribution in [0.15, 0.2) is 0 Å². The van der Waals surface area contributed by atoms with Crippen LogP contribution in [-0.2, 0) is 14.3 Å². The van der Waals surface area contributed by atoms with E-state index in [9.17, 15) is 9.59 Å². The van der Waals surface area contributed by atoms with Crippen LogP contribution in [0.3, 0.4) is 0 Å². The lowest BCUT2D eigenvalue weighted by Gasteiger charge is -2.21. The van der Waals surface area contributed by atoms with Gasteiger partial charge >= 0.3 is 12.1 Å². The summed E-state index contributed by atoms with van der Waals surface area (Å²) in [5.74, 6) is -0.415. The Hall–Kier alpha value is -1.30. The monoisotopic (exact) mass is 229 g/mol. The third kappa shape index (κ3) is 2.63. The van der Waals surface area contributed by atoms with Crippen LogP contribution in [0.25, 0.3) is 0 Å². The van der Waals surface area contributed by atoms with Crippen molar-refractivity contribution in [2.24, 2.45) is 0 Å². The molecule has 0 aromatic carbocycles. The van der Waals surface area contributed by atoms with Crippen LogP contribution in [0.5, 0.6) is 0 Å². The Balaban J connectivity index is 1.89. The van der Waals surface area contributed by atoms with Gasteiger partial charge in [-0.2, -0.15) is 0 Å². The Labute approximate surface area is 92.9 Å². The Kier molecular flexibility index (Phi) is 3.28. The van der Waals surface area contributed by atoms with Gasteiger partial charge in [0.25, 0.3) is 0 Å². The van der Waals surface area contributed by atoms with E-state index in [1.165, 1.54) is 0 Å². The molecule has 2 N–H and O–H groups in total. The summed E-state index contributed by atoms with van der Waals surface area (Å²) in [4.78, 5) is 21.6. The predicted octanol–water partition coefficient (Wildman–Crippen LogP) is 0.855. The van der Waals surface area contributed by atoms with Crippen LogP contribution in [0.1, 0.15) is 32.1 Å². The Morgan fingerprint density at radius 3 is 2.75 bits per heavy atom. The van der Waals surface area contributed by atoms with Gasteiger partial charge in [-0.1, -0.05) is 12.8 Å². The molecule has 0 aromatic rings. The standard InChI is InChI=1S/C10H15NO5/c12-8-5-7(11-10(13)14)9(16-8)15-6-3-1-2-4-6/h6-7,9,11H,1-5H2,(H,13,14)/t7-,9+/m0/s1. The highest BCUT2D eigenvalue weighted by Gasteiger charge is 2.38. The first-order chi connectivity index (χ1) is 7.65. The molecule has 0 unspecified atom stereocenters. The molecule has 16 heavy (non-hydrogen) atoms. The fourth-order valence-electron chi connectivity index (χ4n) is 2.15. The lowest BCUT2D eigenvalue weighted by Crippen LogP contribution is -2.42. The number of carbonyl (C=O) groups excluding carboxylic acids is 1. The summed E-state index contributed by atoms with van der Waals surface area (Å²) in [5, 5.41) is 10.8. The number of amides is 1. The second-order valence-electron chi connectivity index (χ2n) is 4.16. The van der Waals surface area contributed by atoms with Gasteiger partial charge in [0, 0.05) is 0 Å². The molecule has 2 atom stereocenters. The van der Waals surface area contributed by atoms with Crippen LogP contribution < -0.4 is 5.32 Å². The van der Waals surface area contributed by atoms with E-state index in [1.54, 1.807) is 0 Å². The molecule has 6 heteroatoms. The lowest BCUT2D eigenvalue weighted by atomic mass is 10.2. The number of hydrogen-bond donors (Lipinski definition) is 2. The maximum atomic E-state index is 11.1. The molecule has 2 rings (SSSR count). The molecular formula is C10H15NO5. The zero-order valence-corrected chi connectivity index (χ0v) is 8.85.